The lowest BCUT2D eigenvalue weighted by Crippen LogP contribution is -1.73. The van der Waals surface area contributed by atoms with Gasteiger partial charge >= 0.3 is 0 Å². The van der Waals surface area contributed by atoms with E-state index in [-0.39, 0.29) is 0 Å². The summed E-state index contributed by atoms with van der Waals surface area (Å²) in [6.07, 6.45) is 6.74. The molecule has 0 radical (unpaired) electrons. The highest BCUT2D eigenvalue weighted by atomic mass is 16.4. The summed E-state index contributed by atoms with van der Waals surface area (Å²) in [5.41, 5.74) is 1.01. The largest absolute Gasteiger partial charge is 0.437 e. The average molecular weight is 199 g/mol. The minimum atomic E-state index is 0.673. The summed E-state index contributed by atoms with van der Waals surface area (Å²) < 4.78 is 5.57. The minimum Gasteiger partial charge on any atom is -0.437 e. The van der Waals surface area contributed by atoms with Crippen molar-refractivity contribution in [2.24, 2.45) is 0 Å². The molecule has 0 amide bonds. The van der Waals surface area contributed by atoms with E-state index in [2.05, 4.69) is 18.0 Å². The van der Waals surface area contributed by atoms with Gasteiger partial charge in [0.2, 0.25) is 5.89 Å². The van der Waals surface area contributed by atoms with E-state index in [0.717, 1.165) is 17.7 Å². The summed E-state index contributed by atoms with van der Waals surface area (Å²) in [4.78, 5) is 4.22. The van der Waals surface area contributed by atoms with Crippen molar-refractivity contribution in [2.45, 2.75) is 13.3 Å². The van der Waals surface area contributed by atoms with Gasteiger partial charge in [0.25, 0.3) is 0 Å². The number of nitrogens with zero attached hydrogens (tertiary/aromatic N) is 1. The number of rotatable bonds is 3. The molecule has 1 aromatic carbocycles. The standard InChI is InChI=1S/C13H13NO/c1-2-3-9-12-10-14-13(15-12)11-7-5-4-6-8-11/h3-10H,2H2,1H3/b9-3+. The number of aromatic nitrogens is 1. The van der Waals surface area contributed by atoms with Crippen LogP contribution in [0.3, 0.4) is 0 Å². The van der Waals surface area contributed by atoms with Gasteiger partial charge in [-0.15, -0.1) is 0 Å². The Morgan fingerprint density at radius 1 is 1.27 bits per heavy atom. The number of hydrogen-bond donors (Lipinski definition) is 0. The van der Waals surface area contributed by atoms with Crippen molar-refractivity contribution in [3.05, 3.63) is 48.4 Å². The Labute approximate surface area is 89.3 Å². The number of allylic oxidation sites excluding steroid dienone is 1. The third-order valence-electron chi connectivity index (χ3n) is 2.06. The molecule has 0 aliphatic heterocycles. The molecule has 0 atom stereocenters. The molecule has 1 heterocycles. The summed E-state index contributed by atoms with van der Waals surface area (Å²) in [5.74, 6) is 1.47. The summed E-state index contributed by atoms with van der Waals surface area (Å²) in [5, 5.41) is 0. The highest BCUT2D eigenvalue weighted by Crippen LogP contribution is 2.19. The van der Waals surface area contributed by atoms with Gasteiger partial charge in [-0.1, -0.05) is 31.2 Å². The van der Waals surface area contributed by atoms with Crippen LogP contribution >= 0.6 is 0 Å². The van der Waals surface area contributed by atoms with Gasteiger partial charge in [0, 0.05) is 5.56 Å². The van der Waals surface area contributed by atoms with Crippen LogP contribution in [0.15, 0.2) is 47.0 Å². The lowest BCUT2D eigenvalue weighted by atomic mass is 10.2. The van der Waals surface area contributed by atoms with Crippen LogP contribution in [0.25, 0.3) is 17.5 Å². The summed E-state index contributed by atoms with van der Waals surface area (Å²) in [7, 11) is 0. The van der Waals surface area contributed by atoms with Crippen LogP contribution in [0.5, 0.6) is 0 Å². The van der Waals surface area contributed by atoms with E-state index in [1.165, 1.54) is 0 Å². The molecule has 0 aliphatic carbocycles. The van der Waals surface area contributed by atoms with E-state index in [9.17, 15) is 0 Å². The Hall–Kier alpha value is -1.83. The molecule has 0 N–H and O–H groups in total. The third-order valence-corrected chi connectivity index (χ3v) is 2.06. The summed E-state index contributed by atoms with van der Waals surface area (Å²) >= 11 is 0. The van der Waals surface area contributed by atoms with E-state index in [0.29, 0.717) is 5.89 Å². The van der Waals surface area contributed by atoms with E-state index in [1.807, 2.05) is 36.4 Å². The van der Waals surface area contributed by atoms with Gasteiger partial charge in [0.05, 0.1) is 6.20 Å². The lowest BCUT2D eigenvalue weighted by molar-refractivity contribution is 0.564. The molecule has 0 bridgehead atoms. The predicted octanol–water partition coefficient (Wildman–Crippen LogP) is 3.76. The van der Waals surface area contributed by atoms with Gasteiger partial charge in [-0.05, 0) is 24.6 Å². The molecule has 2 rings (SSSR count). The van der Waals surface area contributed by atoms with E-state index in [1.54, 1.807) is 6.20 Å². The van der Waals surface area contributed by atoms with Crippen LogP contribution in [0.2, 0.25) is 0 Å². The van der Waals surface area contributed by atoms with Crippen molar-refractivity contribution in [2.75, 3.05) is 0 Å². The Kier molecular flexibility index (Phi) is 2.98. The fraction of sp³-hybridized carbons (Fsp3) is 0.154. The molecule has 0 fully saturated rings. The van der Waals surface area contributed by atoms with Crippen LogP contribution in [0.4, 0.5) is 0 Å². The summed E-state index contributed by atoms with van der Waals surface area (Å²) in [6.45, 7) is 2.09. The lowest BCUT2D eigenvalue weighted by Gasteiger charge is -1.92. The zero-order chi connectivity index (χ0) is 10.5. The van der Waals surface area contributed by atoms with Crippen LogP contribution in [0.1, 0.15) is 19.1 Å². The highest BCUT2D eigenvalue weighted by molar-refractivity contribution is 5.54. The molecular formula is C13H13NO. The molecule has 2 heteroatoms. The topological polar surface area (TPSA) is 26.0 Å². The molecule has 2 aromatic rings. The monoisotopic (exact) mass is 199 g/mol. The highest BCUT2D eigenvalue weighted by Gasteiger charge is 2.02. The molecule has 0 saturated heterocycles. The van der Waals surface area contributed by atoms with Crippen molar-refractivity contribution in [3.8, 4) is 11.5 Å². The molecular weight excluding hydrogens is 186 g/mol. The first kappa shape index (κ1) is 9.71. The Morgan fingerprint density at radius 2 is 2.07 bits per heavy atom. The Bertz CT molecular complexity index is 443. The molecule has 0 spiro atoms. The smallest absolute Gasteiger partial charge is 0.226 e. The van der Waals surface area contributed by atoms with Gasteiger partial charge in [-0.25, -0.2) is 4.98 Å². The maximum atomic E-state index is 5.57. The summed E-state index contributed by atoms with van der Waals surface area (Å²) in [6, 6.07) is 9.89. The van der Waals surface area contributed by atoms with Gasteiger partial charge in [-0.2, -0.15) is 0 Å². The number of oxazole rings is 1. The maximum absolute atomic E-state index is 5.57. The van der Waals surface area contributed by atoms with E-state index in [4.69, 9.17) is 4.42 Å². The van der Waals surface area contributed by atoms with Crippen LogP contribution in [0, 0.1) is 0 Å². The Balaban J connectivity index is 2.24. The van der Waals surface area contributed by atoms with E-state index < -0.39 is 0 Å². The van der Waals surface area contributed by atoms with Gasteiger partial charge in [-0.3, -0.25) is 0 Å². The van der Waals surface area contributed by atoms with Crippen molar-refractivity contribution in [3.63, 3.8) is 0 Å². The zero-order valence-corrected chi connectivity index (χ0v) is 8.68. The van der Waals surface area contributed by atoms with Crippen molar-refractivity contribution in [1.82, 2.24) is 4.98 Å². The van der Waals surface area contributed by atoms with Gasteiger partial charge < -0.3 is 4.42 Å². The number of hydrogen-bond acceptors (Lipinski definition) is 2. The molecule has 15 heavy (non-hydrogen) atoms. The molecule has 76 valence electrons. The van der Waals surface area contributed by atoms with E-state index >= 15 is 0 Å². The molecule has 0 aliphatic rings. The van der Waals surface area contributed by atoms with Gasteiger partial charge in [0.15, 0.2) is 0 Å². The zero-order valence-electron chi connectivity index (χ0n) is 8.68. The van der Waals surface area contributed by atoms with Crippen LogP contribution in [-0.2, 0) is 0 Å². The molecule has 0 unspecified atom stereocenters. The molecule has 2 nitrogen and oxygen atoms in total. The van der Waals surface area contributed by atoms with Crippen LogP contribution < -0.4 is 0 Å². The SMILES string of the molecule is CC/C=C/c1cnc(-c2ccccc2)o1. The Morgan fingerprint density at radius 3 is 2.80 bits per heavy atom. The van der Waals surface area contributed by atoms with Crippen molar-refractivity contribution in [1.29, 1.82) is 0 Å². The van der Waals surface area contributed by atoms with Gasteiger partial charge in [0.1, 0.15) is 5.76 Å². The van der Waals surface area contributed by atoms with Crippen molar-refractivity contribution >= 4 is 6.08 Å². The third kappa shape index (κ3) is 2.34. The first-order chi connectivity index (χ1) is 7.40. The number of benzene rings is 1. The quantitative estimate of drug-likeness (QED) is 0.752. The predicted molar refractivity (Wildman–Crippen MR) is 61.3 cm³/mol. The normalized spacial score (nSPS) is 11.0. The average Bonchev–Trinajstić information content (AvgIpc) is 2.76. The minimum absolute atomic E-state index is 0.673. The fourth-order valence-electron chi connectivity index (χ4n) is 1.31. The second kappa shape index (κ2) is 4.60. The second-order valence-electron chi connectivity index (χ2n) is 3.24. The second-order valence-corrected chi connectivity index (χ2v) is 3.24. The first-order valence-corrected chi connectivity index (χ1v) is 5.08. The molecule has 0 saturated carbocycles. The maximum Gasteiger partial charge on any atom is 0.226 e. The molecule has 1 aromatic heterocycles. The first-order valence-electron chi connectivity index (χ1n) is 5.08. The van der Waals surface area contributed by atoms with Crippen LogP contribution in [-0.4, -0.2) is 4.98 Å². The fourth-order valence-corrected chi connectivity index (χ4v) is 1.31. The van der Waals surface area contributed by atoms with Crippen molar-refractivity contribution < 1.29 is 4.42 Å².